The van der Waals surface area contributed by atoms with Crippen LogP contribution in [0.1, 0.15) is 47.0 Å². The molecule has 1 aromatic heterocycles. The van der Waals surface area contributed by atoms with E-state index in [0.717, 1.165) is 15.1 Å². The van der Waals surface area contributed by atoms with E-state index in [2.05, 4.69) is 10.3 Å². The van der Waals surface area contributed by atoms with E-state index in [4.69, 9.17) is 0 Å². The number of fused-ring (bicyclic) bond motifs is 2. The minimum atomic E-state index is -4.53. The minimum Gasteiger partial charge on any atom is -0.340 e. The first-order valence-corrected chi connectivity index (χ1v) is 14.3. The number of carbonyl (C=O) groups is 4. The molecule has 5 rings (SSSR count). The van der Waals surface area contributed by atoms with Gasteiger partial charge in [-0.15, -0.1) is 0 Å². The lowest BCUT2D eigenvalue weighted by Gasteiger charge is -2.28. The first-order chi connectivity index (χ1) is 18.7. The summed E-state index contributed by atoms with van der Waals surface area (Å²) in [6.45, 7) is 1.52. The monoisotopic (exact) mass is 548 g/mol. The fourth-order valence-electron chi connectivity index (χ4n) is 5.38. The molecule has 0 radical (unpaired) electrons. The molecule has 0 bridgehead atoms. The Labute approximate surface area is 226 Å². The van der Waals surface area contributed by atoms with E-state index >= 15 is 0 Å². The zero-order chi connectivity index (χ0) is 27.7. The summed E-state index contributed by atoms with van der Waals surface area (Å²) in [7, 11) is -4.53. The van der Waals surface area contributed by atoms with Gasteiger partial charge in [-0.05, 0) is 47.9 Å². The second kappa shape index (κ2) is 10.7. The van der Waals surface area contributed by atoms with Gasteiger partial charge in [-0.2, -0.15) is 4.31 Å². The Morgan fingerprint density at radius 2 is 1.79 bits per heavy atom. The number of pyridine rings is 1. The highest BCUT2D eigenvalue weighted by atomic mass is 32.2. The molecule has 11 heteroatoms. The Morgan fingerprint density at radius 1 is 1.05 bits per heavy atom. The number of hydrogen-bond acceptors (Lipinski definition) is 7. The molecular formula is C28H28N4O6S. The zero-order valence-electron chi connectivity index (χ0n) is 21.3. The highest BCUT2D eigenvalue weighted by Gasteiger charge is 2.55. The summed E-state index contributed by atoms with van der Waals surface area (Å²) in [6.07, 6.45) is 2.47. The molecule has 0 saturated carbocycles. The molecule has 2 amide bonds. The number of likely N-dealkylation sites (tertiary alicyclic amines) is 1. The maximum Gasteiger partial charge on any atom is 0.310 e. The molecule has 10 nitrogen and oxygen atoms in total. The molecule has 3 heterocycles. The minimum absolute atomic E-state index is 0.135. The third-order valence-corrected chi connectivity index (χ3v) is 8.97. The van der Waals surface area contributed by atoms with Gasteiger partial charge in [0.05, 0.1) is 12.6 Å². The highest BCUT2D eigenvalue weighted by Crippen LogP contribution is 2.33. The number of aromatic nitrogens is 1. The number of hydrogen-bond donors (Lipinski definition) is 1. The maximum absolute atomic E-state index is 13.6. The smallest absolute Gasteiger partial charge is 0.310 e. The topological polar surface area (TPSA) is 134 Å². The molecule has 2 aliphatic rings. The van der Waals surface area contributed by atoms with Gasteiger partial charge in [0.2, 0.25) is 5.91 Å². The molecule has 2 aliphatic heterocycles. The number of nitrogens with one attached hydrogen (secondary N) is 1. The van der Waals surface area contributed by atoms with Gasteiger partial charge < -0.3 is 10.2 Å². The summed E-state index contributed by atoms with van der Waals surface area (Å²) in [5.74, 6) is -1.31. The van der Waals surface area contributed by atoms with Crippen molar-refractivity contribution < 1.29 is 27.6 Å². The molecule has 2 saturated heterocycles. The molecule has 3 atom stereocenters. The van der Waals surface area contributed by atoms with Crippen molar-refractivity contribution in [2.24, 2.45) is 0 Å². The van der Waals surface area contributed by atoms with Crippen molar-refractivity contribution in [2.75, 3.05) is 13.1 Å². The van der Waals surface area contributed by atoms with Crippen molar-refractivity contribution in [3.63, 3.8) is 0 Å². The van der Waals surface area contributed by atoms with Gasteiger partial charge in [-0.1, -0.05) is 49.7 Å². The molecule has 39 heavy (non-hydrogen) atoms. The Kier molecular flexibility index (Phi) is 7.28. The number of Topliss-reactive ketones (excluding diaryl/α,β-unsaturated/α-hetero) is 1. The lowest BCUT2D eigenvalue weighted by molar-refractivity contribution is -0.138. The Bertz CT molecular complexity index is 1560. The molecule has 3 aromatic rings. The number of amides is 2. The van der Waals surface area contributed by atoms with Crippen LogP contribution in [0.15, 0.2) is 66.9 Å². The molecule has 202 valence electrons. The van der Waals surface area contributed by atoms with Crippen LogP contribution in [0.5, 0.6) is 0 Å². The van der Waals surface area contributed by atoms with Crippen LogP contribution in [0.2, 0.25) is 0 Å². The standard InChI is InChI=1S/C28H28N4O6S/c1-2-7-21(30-26(34)20-12-11-18-8-3-4-9-19(18)16-20)27(35)31-15-13-23-25(31)24(33)17-32(23)39(37,38)28(36)22-10-5-6-14-29-22/h3-6,8-12,14,16,21,23,25H,2,7,13,15,17H2,1H3,(H,30,34). The summed E-state index contributed by atoms with van der Waals surface area (Å²) in [6, 6.07) is 14.5. The van der Waals surface area contributed by atoms with E-state index in [1.807, 2.05) is 37.3 Å². The van der Waals surface area contributed by atoms with E-state index in [1.165, 1.54) is 23.2 Å². The third-order valence-electron chi connectivity index (χ3n) is 7.27. The normalized spacial score (nSPS) is 20.1. The van der Waals surface area contributed by atoms with Crippen molar-refractivity contribution in [1.29, 1.82) is 0 Å². The van der Waals surface area contributed by atoms with Gasteiger partial charge in [0.25, 0.3) is 15.9 Å². The number of rotatable bonds is 7. The van der Waals surface area contributed by atoms with Gasteiger partial charge in [0.15, 0.2) is 5.78 Å². The molecule has 0 aliphatic carbocycles. The van der Waals surface area contributed by atoms with Crippen molar-refractivity contribution in [3.8, 4) is 0 Å². The summed E-state index contributed by atoms with van der Waals surface area (Å²) in [5.41, 5.74) is 0.169. The number of sulfonamides is 1. The van der Waals surface area contributed by atoms with Crippen molar-refractivity contribution in [1.82, 2.24) is 19.5 Å². The maximum atomic E-state index is 13.6. The predicted molar refractivity (Wildman–Crippen MR) is 143 cm³/mol. The van der Waals surface area contributed by atoms with Gasteiger partial charge in [0, 0.05) is 18.3 Å². The highest BCUT2D eigenvalue weighted by molar-refractivity contribution is 8.04. The van der Waals surface area contributed by atoms with Crippen LogP contribution in [0.3, 0.4) is 0 Å². The van der Waals surface area contributed by atoms with Crippen LogP contribution >= 0.6 is 0 Å². The van der Waals surface area contributed by atoms with Gasteiger partial charge in [-0.25, -0.2) is 8.42 Å². The molecule has 2 aromatic carbocycles. The molecule has 0 spiro atoms. The molecular weight excluding hydrogens is 520 g/mol. The third kappa shape index (κ3) is 4.95. The van der Waals surface area contributed by atoms with Crippen molar-refractivity contribution >= 4 is 43.5 Å². The average Bonchev–Trinajstić information content (AvgIpc) is 3.53. The number of carbonyl (C=O) groups excluding carboxylic acids is 4. The van der Waals surface area contributed by atoms with E-state index in [-0.39, 0.29) is 18.7 Å². The molecule has 1 N–H and O–H groups in total. The zero-order valence-corrected chi connectivity index (χ0v) is 22.1. The number of ketones is 1. The first-order valence-electron chi connectivity index (χ1n) is 12.8. The number of nitrogens with zero attached hydrogens (tertiary/aromatic N) is 3. The van der Waals surface area contributed by atoms with Crippen LogP contribution in [-0.4, -0.2) is 76.5 Å². The summed E-state index contributed by atoms with van der Waals surface area (Å²) >= 11 is 0. The van der Waals surface area contributed by atoms with Crippen LogP contribution in [0.25, 0.3) is 10.8 Å². The van der Waals surface area contributed by atoms with E-state index < -0.39 is 57.4 Å². The lowest BCUT2D eigenvalue weighted by atomic mass is 10.0. The second-order valence-electron chi connectivity index (χ2n) is 9.73. The SMILES string of the molecule is CCCC(NC(=O)c1ccc2ccccc2c1)C(=O)N1CCC2C1C(=O)CN2S(=O)(=O)C(=O)c1ccccn1. The van der Waals surface area contributed by atoms with Gasteiger partial charge in [-0.3, -0.25) is 24.2 Å². The largest absolute Gasteiger partial charge is 0.340 e. The van der Waals surface area contributed by atoms with E-state index in [9.17, 15) is 27.6 Å². The summed E-state index contributed by atoms with van der Waals surface area (Å²) < 4.78 is 27.2. The van der Waals surface area contributed by atoms with Crippen LogP contribution in [0.4, 0.5) is 0 Å². The van der Waals surface area contributed by atoms with E-state index in [1.54, 1.807) is 18.2 Å². The van der Waals surface area contributed by atoms with Gasteiger partial charge in [0.1, 0.15) is 17.8 Å². The van der Waals surface area contributed by atoms with E-state index in [0.29, 0.717) is 18.4 Å². The fourth-order valence-corrected chi connectivity index (χ4v) is 6.85. The fraction of sp³-hybridized carbons (Fsp3) is 0.321. The summed E-state index contributed by atoms with van der Waals surface area (Å²) in [5, 5.41) is 3.51. The van der Waals surface area contributed by atoms with Crippen molar-refractivity contribution in [3.05, 3.63) is 78.1 Å². The molecule has 2 fully saturated rings. The Hall–Kier alpha value is -3.96. The summed E-state index contributed by atoms with van der Waals surface area (Å²) in [4.78, 5) is 57.7. The first kappa shape index (κ1) is 26.6. The van der Waals surface area contributed by atoms with Gasteiger partial charge >= 0.3 is 5.12 Å². The average molecular weight is 549 g/mol. The number of benzene rings is 2. The lowest BCUT2D eigenvalue weighted by Crippen LogP contribution is -2.52. The second-order valence-corrected chi connectivity index (χ2v) is 11.5. The quantitative estimate of drug-likeness (QED) is 0.478. The van der Waals surface area contributed by atoms with Crippen LogP contribution in [0, 0.1) is 0 Å². The van der Waals surface area contributed by atoms with Crippen LogP contribution < -0.4 is 5.32 Å². The molecule has 3 unspecified atom stereocenters. The van der Waals surface area contributed by atoms with Crippen molar-refractivity contribution in [2.45, 2.75) is 44.3 Å². The Morgan fingerprint density at radius 3 is 2.51 bits per heavy atom. The Balaban J connectivity index is 1.34. The predicted octanol–water partition coefficient (Wildman–Crippen LogP) is 2.16. The van der Waals surface area contributed by atoms with Crippen LogP contribution in [-0.2, 0) is 19.6 Å².